The molecule has 2 aromatic rings. The lowest BCUT2D eigenvalue weighted by molar-refractivity contribution is -0.385. The first kappa shape index (κ1) is 21.7. The third kappa shape index (κ3) is 4.57. The average molecular weight is 437 g/mol. The van der Waals surface area contributed by atoms with Crippen LogP contribution >= 0.6 is 0 Å². The Labute approximate surface area is 172 Å². The Hall–Kier alpha value is -3.05. The number of benzene rings is 2. The lowest BCUT2D eigenvalue weighted by Gasteiger charge is -2.32. The van der Waals surface area contributed by atoms with Gasteiger partial charge in [-0.15, -0.1) is 0 Å². The van der Waals surface area contributed by atoms with E-state index < -0.39 is 32.7 Å². The molecule has 30 heavy (non-hydrogen) atoms. The van der Waals surface area contributed by atoms with E-state index in [1.807, 2.05) is 0 Å². The molecule has 1 saturated heterocycles. The van der Waals surface area contributed by atoms with Crippen molar-refractivity contribution >= 4 is 21.6 Å². The van der Waals surface area contributed by atoms with Crippen LogP contribution in [-0.4, -0.2) is 50.4 Å². The number of nitro benzene ring substituents is 1. The number of sulfonamides is 1. The van der Waals surface area contributed by atoms with Gasteiger partial charge in [0, 0.05) is 31.3 Å². The second kappa shape index (κ2) is 8.76. The predicted molar refractivity (Wildman–Crippen MR) is 105 cm³/mol. The molecular weight excluding hydrogens is 417 g/mol. The topological polar surface area (TPSA) is 119 Å². The summed E-state index contributed by atoms with van der Waals surface area (Å²) in [6.07, 6.45) is 0.632. The maximum absolute atomic E-state index is 13.8. The zero-order valence-electron chi connectivity index (χ0n) is 16.1. The highest BCUT2D eigenvalue weighted by atomic mass is 32.2. The summed E-state index contributed by atoms with van der Waals surface area (Å²) in [4.78, 5) is 23.9. The van der Waals surface area contributed by atoms with E-state index in [0.29, 0.717) is 12.8 Å². The smallest absolute Gasteiger partial charge is 0.271 e. The Morgan fingerprint density at radius 1 is 1.23 bits per heavy atom. The van der Waals surface area contributed by atoms with Crippen LogP contribution in [0.15, 0.2) is 47.4 Å². The Morgan fingerprint density at radius 2 is 1.90 bits per heavy atom. The number of halogens is 1. The van der Waals surface area contributed by atoms with Crippen molar-refractivity contribution in [1.82, 2.24) is 9.62 Å². The van der Waals surface area contributed by atoms with Crippen LogP contribution in [0.25, 0.3) is 0 Å². The summed E-state index contributed by atoms with van der Waals surface area (Å²) < 4.78 is 47.0. The number of rotatable bonds is 6. The van der Waals surface area contributed by atoms with Crippen LogP contribution in [0.5, 0.6) is 5.75 Å². The van der Waals surface area contributed by atoms with Gasteiger partial charge in [0.2, 0.25) is 10.0 Å². The Balaban J connectivity index is 1.70. The fourth-order valence-corrected chi connectivity index (χ4v) is 4.77. The maximum atomic E-state index is 13.8. The van der Waals surface area contributed by atoms with Crippen LogP contribution in [0.3, 0.4) is 0 Å². The third-order valence-corrected chi connectivity index (χ3v) is 6.40. The van der Waals surface area contributed by atoms with Crippen molar-refractivity contribution in [2.45, 2.75) is 23.8 Å². The van der Waals surface area contributed by atoms with E-state index in [-0.39, 0.29) is 35.0 Å². The van der Waals surface area contributed by atoms with Gasteiger partial charge >= 0.3 is 0 Å². The molecule has 0 spiro atoms. The second-order valence-corrected chi connectivity index (χ2v) is 8.44. The minimum atomic E-state index is -4.10. The fraction of sp³-hybridized carbons (Fsp3) is 0.316. The SMILES string of the molecule is COc1ccc([N+](=O)[O-])cc1S(=O)(=O)NC1CCN(C(=O)c2ccccc2F)CC1. The van der Waals surface area contributed by atoms with E-state index >= 15 is 0 Å². The Morgan fingerprint density at radius 3 is 2.50 bits per heavy atom. The second-order valence-electron chi connectivity index (χ2n) is 6.76. The lowest BCUT2D eigenvalue weighted by Crippen LogP contribution is -2.46. The monoisotopic (exact) mass is 437 g/mol. The van der Waals surface area contributed by atoms with Crippen molar-refractivity contribution in [2.24, 2.45) is 0 Å². The number of carbonyl (C=O) groups is 1. The first-order chi connectivity index (χ1) is 14.2. The van der Waals surface area contributed by atoms with Gasteiger partial charge in [0.25, 0.3) is 11.6 Å². The number of nitro groups is 1. The number of hydrogen-bond acceptors (Lipinski definition) is 6. The summed E-state index contributed by atoms with van der Waals surface area (Å²) in [5.74, 6) is -1.07. The van der Waals surface area contributed by atoms with Crippen LogP contribution in [0.1, 0.15) is 23.2 Å². The van der Waals surface area contributed by atoms with E-state index in [4.69, 9.17) is 4.74 Å². The van der Waals surface area contributed by atoms with Crippen LogP contribution in [0, 0.1) is 15.9 Å². The first-order valence-corrected chi connectivity index (χ1v) is 10.6. The highest BCUT2D eigenvalue weighted by Crippen LogP contribution is 2.29. The summed E-state index contributed by atoms with van der Waals surface area (Å²) in [5.41, 5.74) is -0.403. The van der Waals surface area contributed by atoms with Gasteiger partial charge in [0.05, 0.1) is 17.6 Å². The number of likely N-dealkylation sites (tertiary alicyclic amines) is 1. The molecule has 1 aliphatic rings. The number of amides is 1. The normalized spacial score (nSPS) is 15.1. The zero-order valence-corrected chi connectivity index (χ0v) is 16.9. The van der Waals surface area contributed by atoms with E-state index in [9.17, 15) is 27.7 Å². The standard InChI is InChI=1S/C19H20FN3O6S/c1-29-17-7-6-14(23(25)26)12-18(17)30(27,28)21-13-8-10-22(11-9-13)19(24)15-4-2-3-5-16(15)20/h2-7,12-13,21H,8-11H2,1H3. The van der Waals surface area contributed by atoms with Gasteiger partial charge < -0.3 is 9.64 Å². The van der Waals surface area contributed by atoms with Crippen molar-refractivity contribution in [3.05, 3.63) is 64.0 Å². The molecule has 9 nitrogen and oxygen atoms in total. The summed E-state index contributed by atoms with van der Waals surface area (Å²) in [5, 5.41) is 11.0. The zero-order chi connectivity index (χ0) is 21.9. The number of non-ortho nitro benzene ring substituents is 1. The Kier molecular flexibility index (Phi) is 6.32. The van der Waals surface area contributed by atoms with Crippen molar-refractivity contribution < 1.29 is 27.3 Å². The summed E-state index contributed by atoms with van der Waals surface area (Å²) in [7, 11) is -2.83. The molecule has 0 bridgehead atoms. The van der Waals surface area contributed by atoms with Crippen LogP contribution in [0.2, 0.25) is 0 Å². The van der Waals surface area contributed by atoms with Crippen LogP contribution in [-0.2, 0) is 10.0 Å². The highest BCUT2D eigenvalue weighted by molar-refractivity contribution is 7.89. The van der Waals surface area contributed by atoms with Crippen molar-refractivity contribution in [1.29, 1.82) is 0 Å². The Bertz CT molecular complexity index is 1070. The van der Waals surface area contributed by atoms with Gasteiger partial charge in [0.1, 0.15) is 16.5 Å². The van der Waals surface area contributed by atoms with Crippen molar-refractivity contribution in [2.75, 3.05) is 20.2 Å². The van der Waals surface area contributed by atoms with E-state index in [0.717, 1.165) is 12.1 Å². The van der Waals surface area contributed by atoms with Gasteiger partial charge in [-0.2, -0.15) is 0 Å². The number of nitrogens with one attached hydrogen (secondary N) is 1. The average Bonchev–Trinajstić information content (AvgIpc) is 2.73. The molecule has 0 radical (unpaired) electrons. The number of piperidine rings is 1. The van der Waals surface area contributed by atoms with Crippen LogP contribution in [0.4, 0.5) is 10.1 Å². The highest BCUT2D eigenvalue weighted by Gasteiger charge is 2.30. The first-order valence-electron chi connectivity index (χ1n) is 9.11. The summed E-state index contributed by atoms with van der Waals surface area (Å²) >= 11 is 0. The number of nitrogens with zero attached hydrogens (tertiary/aromatic N) is 2. The number of methoxy groups -OCH3 is 1. The van der Waals surface area contributed by atoms with Crippen LogP contribution < -0.4 is 9.46 Å². The van der Waals surface area contributed by atoms with Gasteiger partial charge in [0.15, 0.2) is 0 Å². The lowest BCUT2D eigenvalue weighted by atomic mass is 10.0. The molecule has 1 N–H and O–H groups in total. The molecular formula is C19H20FN3O6S. The molecule has 11 heteroatoms. The molecule has 1 aliphatic heterocycles. The molecule has 0 atom stereocenters. The minimum Gasteiger partial charge on any atom is -0.495 e. The quantitative estimate of drug-likeness (QED) is 0.547. The fourth-order valence-electron chi connectivity index (χ4n) is 3.28. The molecule has 0 aromatic heterocycles. The number of ether oxygens (including phenoxy) is 1. The largest absolute Gasteiger partial charge is 0.495 e. The van der Waals surface area contributed by atoms with Crippen molar-refractivity contribution in [3.8, 4) is 5.75 Å². The molecule has 1 amide bonds. The van der Waals surface area contributed by atoms with Gasteiger partial charge in [-0.3, -0.25) is 14.9 Å². The summed E-state index contributed by atoms with van der Waals surface area (Å²) in [6, 6.07) is 8.52. The predicted octanol–water partition coefficient (Wildman–Crippen LogP) is 2.33. The van der Waals surface area contributed by atoms with E-state index in [2.05, 4.69) is 4.72 Å². The molecule has 0 saturated carbocycles. The summed E-state index contributed by atoms with van der Waals surface area (Å²) in [6.45, 7) is 0.485. The molecule has 0 aliphatic carbocycles. The van der Waals surface area contributed by atoms with Gasteiger partial charge in [-0.05, 0) is 31.0 Å². The maximum Gasteiger partial charge on any atom is 0.271 e. The molecule has 160 valence electrons. The molecule has 1 fully saturated rings. The molecule has 1 heterocycles. The van der Waals surface area contributed by atoms with Crippen molar-refractivity contribution in [3.63, 3.8) is 0 Å². The molecule has 0 unspecified atom stereocenters. The van der Waals surface area contributed by atoms with Gasteiger partial charge in [-0.25, -0.2) is 17.5 Å². The van der Waals surface area contributed by atoms with E-state index in [1.165, 1.54) is 36.3 Å². The number of carbonyl (C=O) groups excluding carboxylic acids is 1. The minimum absolute atomic E-state index is 0.0136. The molecule has 2 aromatic carbocycles. The number of hydrogen-bond donors (Lipinski definition) is 1. The van der Waals surface area contributed by atoms with E-state index in [1.54, 1.807) is 6.07 Å². The third-order valence-electron chi connectivity index (χ3n) is 4.86. The molecule has 3 rings (SSSR count). The van der Waals surface area contributed by atoms with Gasteiger partial charge in [-0.1, -0.05) is 12.1 Å².